The van der Waals surface area contributed by atoms with E-state index in [0.717, 1.165) is 11.6 Å². The Hall–Kier alpha value is -3.22. The summed E-state index contributed by atoms with van der Waals surface area (Å²) in [5.74, 6) is -0.959. The van der Waals surface area contributed by atoms with Crippen molar-refractivity contribution in [3.8, 4) is 11.5 Å². The fourth-order valence-corrected chi connectivity index (χ4v) is 2.23. The van der Waals surface area contributed by atoms with Crippen molar-refractivity contribution >= 4 is 17.7 Å². The van der Waals surface area contributed by atoms with Gasteiger partial charge in [0.2, 0.25) is 0 Å². The molecule has 0 aliphatic heterocycles. The van der Waals surface area contributed by atoms with E-state index in [-0.39, 0.29) is 30.2 Å². The molecule has 7 nitrogen and oxygen atoms in total. The minimum absolute atomic E-state index is 0.109. The second-order valence-electron chi connectivity index (χ2n) is 5.29. The van der Waals surface area contributed by atoms with E-state index in [0.29, 0.717) is 0 Å². The van der Waals surface area contributed by atoms with E-state index in [1.807, 2.05) is 30.3 Å². The van der Waals surface area contributed by atoms with Crippen molar-refractivity contribution < 1.29 is 24.5 Å². The molecule has 2 aromatic rings. The van der Waals surface area contributed by atoms with Crippen LogP contribution in [0, 0.1) is 0 Å². The Labute approximate surface area is 145 Å². The van der Waals surface area contributed by atoms with E-state index in [2.05, 4.69) is 10.6 Å². The lowest BCUT2D eigenvalue weighted by Crippen LogP contribution is -2.45. The van der Waals surface area contributed by atoms with E-state index in [1.165, 1.54) is 12.1 Å². The summed E-state index contributed by atoms with van der Waals surface area (Å²) in [6.07, 6.45) is 0.272. The van der Waals surface area contributed by atoms with Crippen molar-refractivity contribution in [2.24, 2.45) is 0 Å². The smallest absolute Gasteiger partial charge is 0.329 e. The first-order valence-corrected chi connectivity index (χ1v) is 7.79. The first-order valence-electron chi connectivity index (χ1n) is 7.79. The molecule has 0 saturated carbocycles. The van der Waals surface area contributed by atoms with Crippen LogP contribution in [0.25, 0.3) is 0 Å². The maximum atomic E-state index is 12.2. The molecule has 1 unspecified atom stereocenters. The third-order valence-electron chi connectivity index (χ3n) is 3.39. The maximum absolute atomic E-state index is 12.2. The number of ether oxygens (including phenoxy) is 1. The molecule has 7 heteroatoms. The highest BCUT2D eigenvalue weighted by molar-refractivity contribution is 5.93. The zero-order valence-electron chi connectivity index (χ0n) is 13.7. The molecule has 0 saturated heterocycles. The summed E-state index contributed by atoms with van der Waals surface area (Å²) in [5.41, 5.74) is 0.978. The summed E-state index contributed by atoms with van der Waals surface area (Å²) in [4.78, 5) is 24.3. The van der Waals surface area contributed by atoms with Crippen LogP contribution in [-0.2, 0) is 16.0 Å². The molecule has 2 rings (SSSR count). The van der Waals surface area contributed by atoms with Gasteiger partial charge in [0.15, 0.2) is 0 Å². The highest BCUT2D eigenvalue weighted by atomic mass is 16.5. The first kappa shape index (κ1) is 18.1. The van der Waals surface area contributed by atoms with Gasteiger partial charge in [0.1, 0.15) is 17.5 Å². The van der Waals surface area contributed by atoms with Crippen LogP contribution >= 0.6 is 0 Å². The monoisotopic (exact) mass is 344 g/mol. The van der Waals surface area contributed by atoms with Crippen LogP contribution in [-0.4, -0.2) is 34.9 Å². The van der Waals surface area contributed by atoms with Gasteiger partial charge in [-0.3, -0.25) is 0 Å². The van der Waals surface area contributed by atoms with Crippen molar-refractivity contribution in [1.29, 1.82) is 0 Å². The van der Waals surface area contributed by atoms with Crippen LogP contribution in [0.15, 0.2) is 48.5 Å². The zero-order chi connectivity index (χ0) is 18.2. The Bertz CT molecular complexity index is 734. The van der Waals surface area contributed by atoms with Crippen molar-refractivity contribution in [2.45, 2.75) is 19.4 Å². The number of benzene rings is 2. The fourth-order valence-electron chi connectivity index (χ4n) is 2.23. The average Bonchev–Trinajstić information content (AvgIpc) is 2.58. The predicted molar refractivity (Wildman–Crippen MR) is 92.5 cm³/mol. The summed E-state index contributed by atoms with van der Waals surface area (Å²) < 4.78 is 5.00. The van der Waals surface area contributed by atoms with E-state index in [9.17, 15) is 19.8 Å². The molecule has 0 spiro atoms. The third kappa shape index (κ3) is 5.42. The van der Waals surface area contributed by atoms with E-state index < -0.39 is 18.0 Å². The molecule has 0 aliphatic carbocycles. The number of aromatic hydroxyl groups is 2. The summed E-state index contributed by atoms with van der Waals surface area (Å²) in [6.45, 7) is 1.89. The third-order valence-corrected chi connectivity index (χ3v) is 3.39. The standard InChI is InChI=1S/C18H20N2O5/c1-2-25-17(23)15(10-12-6-4-3-5-7-12)20-18(24)19-14-9-8-13(21)11-16(14)22/h3-9,11,15,21-22H,2,10H2,1H3,(H2,19,20,24). The molecule has 0 fully saturated rings. The number of anilines is 1. The van der Waals surface area contributed by atoms with E-state index in [4.69, 9.17) is 4.74 Å². The summed E-state index contributed by atoms with van der Waals surface area (Å²) in [5, 5.41) is 23.9. The van der Waals surface area contributed by atoms with Gasteiger partial charge in [0.25, 0.3) is 0 Å². The summed E-state index contributed by atoms with van der Waals surface area (Å²) >= 11 is 0. The first-order chi connectivity index (χ1) is 12.0. The second-order valence-corrected chi connectivity index (χ2v) is 5.29. The van der Waals surface area contributed by atoms with Crippen molar-refractivity contribution in [3.05, 3.63) is 54.1 Å². The van der Waals surface area contributed by atoms with Gasteiger partial charge in [-0.1, -0.05) is 30.3 Å². The Balaban J connectivity index is 2.06. The molecule has 25 heavy (non-hydrogen) atoms. The van der Waals surface area contributed by atoms with Crippen molar-refractivity contribution in [2.75, 3.05) is 11.9 Å². The van der Waals surface area contributed by atoms with Crippen molar-refractivity contribution in [1.82, 2.24) is 5.32 Å². The second kappa shape index (κ2) is 8.58. The number of rotatable bonds is 6. The number of hydrogen-bond donors (Lipinski definition) is 4. The number of esters is 1. The summed E-state index contributed by atoms with van der Waals surface area (Å²) in [7, 11) is 0. The molecule has 4 N–H and O–H groups in total. The number of hydrogen-bond acceptors (Lipinski definition) is 5. The molecule has 132 valence electrons. The van der Waals surface area contributed by atoms with Gasteiger partial charge in [-0.2, -0.15) is 0 Å². The highest BCUT2D eigenvalue weighted by Gasteiger charge is 2.23. The Morgan fingerprint density at radius 3 is 2.48 bits per heavy atom. The molecule has 0 heterocycles. The zero-order valence-corrected chi connectivity index (χ0v) is 13.7. The molecular formula is C18H20N2O5. The number of amides is 2. The van der Waals surface area contributed by atoms with Gasteiger partial charge in [-0.15, -0.1) is 0 Å². The van der Waals surface area contributed by atoms with Crippen LogP contribution in [0.3, 0.4) is 0 Å². The number of carbonyl (C=O) groups is 2. The van der Waals surface area contributed by atoms with Crippen LogP contribution in [0.2, 0.25) is 0 Å². The quantitative estimate of drug-likeness (QED) is 0.366. The van der Waals surface area contributed by atoms with Gasteiger partial charge in [-0.05, 0) is 24.6 Å². The Morgan fingerprint density at radius 1 is 1.12 bits per heavy atom. The minimum atomic E-state index is -0.874. The van der Waals surface area contributed by atoms with Crippen LogP contribution in [0.4, 0.5) is 10.5 Å². The van der Waals surface area contributed by atoms with Gasteiger partial charge in [-0.25, -0.2) is 9.59 Å². The van der Waals surface area contributed by atoms with Gasteiger partial charge in [0, 0.05) is 12.5 Å². The van der Waals surface area contributed by atoms with E-state index >= 15 is 0 Å². The van der Waals surface area contributed by atoms with Gasteiger partial charge >= 0.3 is 12.0 Å². The molecular weight excluding hydrogens is 324 g/mol. The molecule has 2 aromatic carbocycles. The lowest BCUT2D eigenvalue weighted by atomic mass is 10.1. The van der Waals surface area contributed by atoms with Crippen LogP contribution in [0.5, 0.6) is 11.5 Å². The van der Waals surface area contributed by atoms with Crippen LogP contribution in [0.1, 0.15) is 12.5 Å². The molecule has 1 atom stereocenters. The number of carbonyl (C=O) groups excluding carboxylic acids is 2. The predicted octanol–water partition coefficient (Wildman–Crippen LogP) is 2.39. The maximum Gasteiger partial charge on any atom is 0.329 e. The van der Waals surface area contributed by atoms with Gasteiger partial charge < -0.3 is 25.6 Å². The molecule has 0 bridgehead atoms. The number of phenolic OH excluding ortho intramolecular Hbond substituents is 2. The molecule has 0 aliphatic rings. The Morgan fingerprint density at radius 2 is 1.84 bits per heavy atom. The average molecular weight is 344 g/mol. The lowest BCUT2D eigenvalue weighted by Gasteiger charge is -2.18. The number of urea groups is 1. The fraction of sp³-hybridized carbons (Fsp3) is 0.222. The highest BCUT2D eigenvalue weighted by Crippen LogP contribution is 2.27. The van der Waals surface area contributed by atoms with Crippen molar-refractivity contribution in [3.63, 3.8) is 0 Å². The molecule has 0 radical (unpaired) electrons. The number of phenols is 2. The molecule has 0 aromatic heterocycles. The van der Waals surface area contributed by atoms with E-state index in [1.54, 1.807) is 6.92 Å². The molecule has 2 amide bonds. The minimum Gasteiger partial charge on any atom is -0.508 e. The lowest BCUT2D eigenvalue weighted by molar-refractivity contribution is -0.145. The Kier molecular flexibility index (Phi) is 6.22. The number of nitrogens with one attached hydrogen (secondary N) is 2. The normalized spacial score (nSPS) is 11.4. The SMILES string of the molecule is CCOC(=O)C(Cc1ccccc1)NC(=O)Nc1ccc(O)cc1O. The summed E-state index contributed by atoms with van der Waals surface area (Å²) in [6, 6.07) is 11.5. The topological polar surface area (TPSA) is 108 Å². The van der Waals surface area contributed by atoms with Gasteiger partial charge in [0.05, 0.1) is 12.3 Å². The largest absolute Gasteiger partial charge is 0.508 e. The van der Waals surface area contributed by atoms with Crippen LogP contribution < -0.4 is 10.6 Å².